The zero-order valence-electron chi connectivity index (χ0n) is 10.0. The first-order valence-electron chi connectivity index (χ1n) is 6.02. The molecule has 1 aliphatic rings. The molecule has 0 spiro atoms. The molecule has 0 bridgehead atoms. The van der Waals surface area contributed by atoms with Gasteiger partial charge in [-0.1, -0.05) is 0 Å². The Bertz CT molecular complexity index is 380. The lowest BCUT2D eigenvalue weighted by Crippen LogP contribution is -2.25. The van der Waals surface area contributed by atoms with Crippen molar-refractivity contribution in [1.82, 2.24) is 9.88 Å². The van der Waals surface area contributed by atoms with Crippen LogP contribution < -0.4 is 0 Å². The highest BCUT2D eigenvalue weighted by Gasteiger charge is 2.27. The van der Waals surface area contributed by atoms with Crippen molar-refractivity contribution in [3.63, 3.8) is 0 Å². The number of rotatable bonds is 4. The number of hydrogen-bond acceptors (Lipinski definition) is 3. The molecular weight excluding hydrogens is 216 g/mol. The normalized spacial score (nSPS) is 22.5. The Labute approximate surface area is 101 Å². The largest absolute Gasteiger partial charge is 0.481 e. The molecule has 0 saturated carbocycles. The van der Waals surface area contributed by atoms with Crippen LogP contribution in [-0.2, 0) is 4.79 Å². The number of aromatic nitrogens is 1. The lowest BCUT2D eigenvalue weighted by molar-refractivity contribution is -0.138. The van der Waals surface area contributed by atoms with Crippen molar-refractivity contribution in [3.8, 4) is 0 Å². The van der Waals surface area contributed by atoms with E-state index in [1.807, 2.05) is 12.1 Å². The summed E-state index contributed by atoms with van der Waals surface area (Å²) < 4.78 is 0. The average Bonchev–Trinajstić information content (AvgIpc) is 2.77. The first kappa shape index (κ1) is 12.0. The Morgan fingerprint density at radius 3 is 2.94 bits per heavy atom. The number of aliphatic carboxylic acids is 1. The van der Waals surface area contributed by atoms with Crippen LogP contribution in [0.2, 0.25) is 0 Å². The molecule has 1 aromatic heterocycles. The van der Waals surface area contributed by atoms with Crippen molar-refractivity contribution in [3.05, 3.63) is 30.1 Å². The number of carbonyl (C=O) groups is 1. The van der Waals surface area contributed by atoms with E-state index in [0.717, 1.165) is 19.5 Å². The molecule has 1 aliphatic heterocycles. The van der Waals surface area contributed by atoms with E-state index in [1.165, 1.54) is 5.56 Å². The summed E-state index contributed by atoms with van der Waals surface area (Å²) >= 11 is 0. The summed E-state index contributed by atoms with van der Waals surface area (Å²) in [5, 5.41) is 8.79. The van der Waals surface area contributed by atoms with E-state index in [4.69, 9.17) is 5.11 Å². The SMILES string of the molecule is CC(c1ccncc1)N1CCC(CC(=O)O)C1. The lowest BCUT2D eigenvalue weighted by Gasteiger charge is -2.24. The standard InChI is InChI=1S/C13H18N2O2/c1-10(12-2-5-14-6-3-12)15-7-4-11(9-15)8-13(16)17/h2-3,5-6,10-11H,4,7-9H2,1H3,(H,16,17). The van der Waals surface area contributed by atoms with E-state index < -0.39 is 5.97 Å². The molecular formula is C13H18N2O2. The van der Waals surface area contributed by atoms with Crippen molar-refractivity contribution in [2.45, 2.75) is 25.8 Å². The second-order valence-corrected chi connectivity index (χ2v) is 4.70. The number of hydrogen-bond donors (Lipinski definition) is 1. The van der Waals surface area contributed by atoms with Crippen molar-refractivity contribution in [2.75, 3.05) is 13.1 Å². The average molecular weight is 234 g/mol. The Morgan fingerprint density at radius 2 is 2.29 bits per heavy atom. The highest BCUT2D eigenvalue weighted by Crippen LogP contribution is 2.28. The van der Waals surface area contributed by atoms with E-state index >= 15 is 0 Å². The van der Waals surface area contributed by atoms with Gasteiger partial charge in [-0.2, -0.15) is 0 Å². The zero-order chi connectivity index (χ0) is 12.3. The smallest absolute Gasteiger partial charge is 0.303 e. The van der Waals surface area contributed by atoms with Gasteiger partial charge in [-0.3, -0.25) is 14.7 Å². The predicted octanol–water partition coefficient (Wildman–Crippen LogP) is 1.94. The second-order valence-electron chi connectivity index (χ2n) is 4.70. The molecule has 17 heavy (non-hydrogen) atoms. The summed E-state index contributed by atoms with van der Waals surface area (Å²) in [5.74, 6) is -0.384. The molecule has 0 radical (unpaired) electrons. The Balaban J connectivity index is 1.94. The molecule has 2 heterocycles. The highest BCUT2D eigenvalue weighted by molar-refractivity contribution is 5.67. The molecule has 0 aromatic carbocycles. The van der Waals surface area contributed by atoms with Gasteiger partial charge >= 0.3 is 5.97 Å². The van der Waals surface area contributed by atoms with Crippen molar-refractivity contribution in [2.24, 2.45) is 5.92 Å². The second kappa shape index (κ2) is 5.27. The van der Waals surface area contributed by atoms with E-state index in [2.05, 4.69) is 16.8 Å². The van der Waals surface area contributed by atoms with Gasteiger partial charge in [0.25, 0.3) is 0 Å². The number of carboxylic acids is 1. The third-order valence-corrected chi connectivity index (χ3v) is 3.52. The number of pyridine rings is 1. The number of likely N-dealkylation sites (tertiary alicyclic amines) is 1. The van der Waals surface area contributed by atoms with Crippen LogP contribution in [0.25, 0.3) is 0 Å². The maximum Gasteiger partial charge on any atom is 0.303 e. The Morgan fingerprint density at radius 1 is 1.59 bits per heavy atom. The summed E-state index contributed by atoms with van der Waals surface area (Å²) in [6, 6.07) is 4.39. The van der Waals surface area contributed by atoms with Gasteiger partial charge < -0.3 is 5.11 Å². The molecule has 2 unspecified atom stereocenters. The van der Waals surface area contributed by atoms with Gasteiger partial charge in [0.2, 0.25) is 0 Å². The third kappa shape index (κ3) is 3.03. The fourth-order valence-corrected chi connectivity index (χ4v) is 2.48. The van der Waals surface area contributed by atoms with Gasteiger partial charge in [-0.25, -0.2) is 0 Å². The van der Waals surface area contributed by atoms with Crippen molar-refractivity contribution < 1.29 is 9.90 Å². The molecule has 92 valence electrons. The van der Waals surface area contributed by atoms with Gasteiger partial charge in [0.1, 0.15) is 0 Å². The van der Waals surface area contributed by atoms with Crippen LogP contribution >= 0.6 is 0 Å². The zero-order valence-corrected chi connectivity index (χ0v) is 10.0. The first-order chi connectivity index (χ1) is 8.16. The minimum atomic E-state index is -0.687. The molecule has 4 nitrogen and oxygen atoms in total. The van der Waals surface area contributed by atoms with E-state index in [1.54, 1.807) is 12.4 Å². The van der Waals surface area contributed by atoms with Crippen LogP contribution in [-0.4, -0.2) is 34.0 Å². The van der Waals surface area contributed by atoms with Gasteiger partial charge in [-0.05, 0) is 43.5 Å². The van der Waals surface area contributed by atoms with E-state index in [9.17, 15) is 4.79 Å². The van der Waals surface area contributed by atoms with E-state index in [0.29, 0.717) is 18.4 Å². The molecule has 0 aliphatic carbocycles. The third-order valence-electron chi connectivity index (χ3n) is 3.52. The molecule has 2 atom stereocenters. The van der Waals surface area contributed by atoms with Crippen molar-refractivity contribution >= 4 is 5.97 Å². The quantitative estimate of drug-likeness (QED) is 0.865. The molecule has 1 aromatic rings. The van der Waals surface area contributed by atoms with Crippen molar-refractivity contribution in [1.29, 1.82) is 0 Å². The van der Waals surface area contributed by atoms with Crippen LogP contribution in [0.5, 0.6) is 0 Å². The summed E-state index contributed by atoms with van der Waals surface area (Å²) in [4.78, 5) is 17.0. The van der Waals surface area contributed by atoms with Gasteiger partial charge in [0.15, 0.2) is 0 Å². The molecule has 1 saturated heterocycles. The summed E-state index contributed by atoms with van der Waals surface area (Å²) in [6.07, 6.45) is 4.88. The molecule has 0 amide bonds. The summed E-state index contributed by atoms with van der Waals surface area (Å²) in [6.45, 7) is 4.04. The van der Waals surface area contributed by atoms with Crippen LogP contribution in [0, 0.1) is 5.92 Å². The molecule has 1 N–H and O–H groups in total. The number of nitrogens with zero attached hydrogens (tertiary/aromatic N) is 2. The lowest BCUT2D eigenvalue weighted by atomic mass is 10.1. The predicted molar refractivity (Wildman–Crippen MR) is 64.6 cm³/mol. The minimum absolute atomic E-state index is 0.291. The number of carboxylic acid groups (broad SMARTS) is 1. The maximum atomic E-state index is 10.7. The van der Waals surface area contributed by atoms with Crippen LogP contribution in [0.15, 0.2) is 24.5 Å². The summed E-state index contributed by atoms with van der Waals surface area (Å²) in [5.41, 5.74) is 1.25. The summed E-state index contributed by atoms with van der Waals surface area (Å²) in [7, 11) is 0. The van der Waals surface area contributed by atoms with Gasteiger partial charge in [0.05, 0.1) is 0 Å². The fraction of sp³-hybridized carbons (Fsp3) is 0.538. The maximum absolute atomic E-state index is 10.7. The van der Waals surface area contributed by atoms with Crippen LogP contribution in [0.1, 0.15) is 31.4 Å². The molecule has 4 heteroatoms. The Hall–Kier alpha value is -1.42. The molecule has 1 fully saturated rings. The van der Waals surface area contributed by atoms with Gasteiger partial charge in [0, 0.05) is 31.4 Å². The van der Waals surface area contributed by atoms with E-state index in [-0.39, 0.29) is 0 Å². The first-order valence-corrected chi connectivity index (χ1v) is 6.02. The Kier molecular flexibility index (Phi) is 3.74. The van der Waals surface area contributed by atoms with Crippen LogP contribution in [0.3, 0.4) is 0 Å². The van der Waals surface area contributed by atoms with Crippen LogP contribution in [0.4, 0.5) is 0 Å². The topological polar surface area (TPSA) is 53.4 Å². The highest BCUT2D eigenvalue weighted by atomic mass is 16.4. The minimum Gasteiger partial charge on any atom is -0.481 e. The molecule has 2 rings (SSSR count). The monoisotopic (exact) mass is 234 g/mol. The fourth-order valence-electron chi connectivity index (χ4n) is 2.48. The van der Waals surface area contributed by atoms with Gasteiger partial charge in [-0.15, -0.1) is 0 Å².